The molecule has 1 heterocycles. The summed E-state index contributed by atoms with van der Waals surface area (Å²) in [6, 6.07) is 0.215. The number of nitrogens with two attached hydrogens (primary N) is 1. The minimum Gasteiger partial charge on any atom is -0.444 e. The number of carbonyl (C=O) groups is 1. The van der Waals surface area contributed by atoms with Crippen LogP contribution in [0.4, 0.5) is 4.79 Å². The average Bonchev–Trinajstić information content (AvgIpc) is 1.97. The fraction of sp³-hybridized carbons (Fsp3) is 0.917. The Hall–Kier alpha value is -0.770. The van der Waals surface area contributed by atoms with Gasteiger partial charge in [-0.3, -0.25) is 0 Å². The van der Waals surface area contributed by atoms with E-state index in [1.165, 1.54) is 0 Å². The van der Waals surface area contributed by atoms with E-state index in [1.807, 2.05) is 20.8 Å². The third-order valence-corrected chi connectivity index (χ3v) is 3.08. The van der Waals surface area contributed by atoms with E-state index in [0.717, 1.165) is 13.0 Å². The van der Waals surface area contributed by atoms with E-state index in [-0.39, 0.29) is 17.6 Å². The lowest BCUT2D eigenvalue weighted by atomic mass is 9.78. The van der Waals surface area contributed by atoms with Crippen LogP contribution in [0, 0.1) is 5.41 Å². The van der Waals surface area contributed by atoms with Crippen molar-refractivity contribution in [2.45, 2.75) is 52.7 Å². The van der Waals surface area contributed by atoms with Gasteiger partial charge in [0.15, 0.2) is 0 Å². The molecule has 0 aromatic heterocycles. The Morgan fingerprint density at radius 1 is 1.38 bits per heavy atom. The lowest BCUT2D eigenvalue weighted by Crippen LogP contribution is -2.60. The molecule has 16 heavy (non-hydrogen) atoms. The minimum atomic E-state index is -0.427. The molecule has 4 nitrogen and oxygen atoms in total. The Balaban J connectivity index is 2.60. The molecule has 1 aliphatic rings. The van der Waals surface area contributed by atoms with E-state index < -0.39 is 5.60 Å². The summed E-state index contributed by atoms with van der Waals surface area (Å²) in [7, 11) is 0. The van der Waals surface area contributed by atoms with Gasteiger partial charge in [-0.2, -0.15) is 0 Å². The molecule has 1 aliphatic heterocycles. The molecular formula is C12H24N2O2. The molecule has 0 saturated carbocycles. The Morgan fingerprint density at radius 3 is 2.25 bits per heavy atom. The maximum Gasteiger partial charge on any atom is 0.410 e. The summed E-state index contributed by atoms with van der Waals surface area (Å²) >= 11 is 0. The molecule has 1 amide bonds. The van der Waals surface area contributed by atoms with Gasteiger partial charge in [0.2, 0.25) is 0 Å². The first-order valence-electron chi connectivity index (χ1n) is 5.87. The summed E-state index contributed by atoms with van der Waals surface area (Å²) in [4.78, 5) is 13.7. The van der Waals surface area contributed by atoms with Crippen molar-refractivity contribution in [2.24, 2.45) is 11.1 Å². The molecule has 0 bridgehead atoms. The molecular weight excluding hydrogens is 204 g/mol. The Morgan fingerprint density at radius 2 is 1.94 bits per heavy atom. The molecule has 0 aromatic carbocycles. The second kappa shape index (κ2) is 4.24. The van der Waals surface area contributed by atoms with Crippen molar-refractivity contribution in [3.8, 4) is 0 Å². The third-order valence-electron chi connectivity index (χ3n) is 3.08. The standard InChI is InChI=1S/C12H24N2O2/c1-11(2,3)16-10(15)14-7-6-9(14)12(4,5)8-13/h9H,6-8,13H2,1-5H3. The van der Waals surface area contributed by atoms with Crippen LogP contribution in [0.2, 0.25) is 0 Å². The lowest BCUT2D eigenvalue weighted by Gasteiger charge is -2.49. The first-order chi connectivity index (χ1) is 7.17. The topological polar surface area (TPSA) is 55.6 Å². The van der Waals surface area contributed by atoms with Crippen LogP contribution in [0.25, 0.3) is 0 Å². The number of carbonyl (C=O) groups excluding carboxylic acids is 1. The normalized spacial score (nSPS) is 21.6. The van der Waals surface area contributed by atoms with Crippen LogP contribution >= 0.6 is 0 Å². The first kappa shape index (κ1) is 13.3. The Bertz CT molecular complexity index is 269. The predicted molar refractivity (Wildman–Crippen MR) is 64.2 cm³/mol. The molecule has 1 saturated heterocycles. The molecule has 1 unspecified atom stereocenters. The van der Waals surface area contributed by atoms with Crippen LogP contribution in [-0.2, 0) is 4.74 Å². The molecule has 94 valence electrons. The molecule has 0 radical (unpaired) electrons. The van der Waals surface area contributed by atoms with Gasteiger partial charge in [0, 0.05) is 12.6 Å². The molecule has 0 aromatic rings. The fourth-order valence-corrected chi connectivity index (χ4v) is 1.88. The first-order valence-corrected chi connectivity index (χ1v) is 5.87. The van der Waals surface area contributed by atoms with Gasteiger partial charge in [0.05, 0.1) is 0 Å². The summed E-state index contributed by atoms with van der Waals surface area (Å²) in [5.74, 6) is 0. The summed E-state index contributed by atoms with van der Waals surface area (Å²) < 4.78 is 5.36. The van der Waals surface area contributed by atoms with Crippen LogP contribution in [0.3, 0.4) is 0 Å². The summed E-state index contributed by atoms with van der Waals surface area (Å²) in [6.45, 7) is 11.2. The quantitative estimate of drug-likeness (QED) is 0.786. The second-order valence-electron chi connectivity index (χ2n) is 6.17. The molecule has 4 heteroatoms. The zero-order valence-corrected chi connectivity index (χ0v) is 11.0. The monoisotopic (exact) mass is 228 g/mol. The maximum absolute atomic E-state index is 11.9. The van der Waals surface area contributed by atoms with E-state index in [1.54, 1.807) is 4.90 Å². The number of hydrogen-bond acceptors (Lipinski definition) is 3. The number of rotatable bonds is 2. The van der Waals surface area contributed by atoms with Crippen molar-refractivity contribution in [1.82, 2.24) is 4.90 Å². The zero-order valence-electron chi connectivity index (χ0n) is 11.0. The van der Waals surface area contributed by atoms with Gasteiger partial charge in [0.1, 0.15) is 5.60 Å². The number of amides is 1. The van der Waals surface area contributed by atoms with Crippen LogP contribution in [0.1, 0.15) is 41.0 Å². The molecule has 1 rings (SSSR count). The van der Waals surface area contributed by atoms with Gasteiger partial charge in [0.25, 0.3) is 0 Å². The highest BCUT2D eigenvalue weighted by molar-refractivity contribution is 5.69. The van der Waals surface area contributed by atoms with E-state index in [2.05, 4.69) is 13.8 Å². The van der Waals surface area contributed by atoms with E-state index in [4.69, 9.17) is 10.5 Å². The number of ether oxygens (including phenoxy) is 1. The summed E-state index contributed by atoms with van der Waals surface area (Å²) in [5.41, 5.74) is 5.27. The average molecular weight is 228 g/mol. The van der Waals surface area contributed by atoms with Crippen molar-refractivity contribution in [1.29, 1.82) is 0 Å². The van der Waals surface area contributed by atoms with Crippen LogP contribution < -0.4 is 5.73 Å². The smallest absolute Gasteiger partial charge is 0.410 e. The fourth-order valence-electron chi connectivity index (χ4n) is 1.88. The summed E-state index contributed by atoms with van der Waals surface area (Å²) in [5, 5.41) is 0. The van der Waals surface area contributed by atoms with Crippen molar-refractivity contribution < 1.29 is 9.53 Å². The highest BCUT2D eigenvalue weighted by Gasteiger charge is 2.43. The van der Waals surface area contributed by atoms with Gasteiger partial charge >= 0.3 is 6.09 Å². The SMILES string of the molecule is CC(C)(C)OC(=O)N1CCC1C(C)(C)CN. The van der Waals surface area contributed by atoms with Crippen molar-refractivity contribution in [3.05, 3.63) is 0 Å². The molecule has 0 spiro atoms. The van der Waals surface area contributed by atoms with Gasteiger partial charge in [-0.25, -0.2) is 4.79 Å². The van der Waals surface area contributed by atoms with Crippen LogP contribution in [0.15, 0.2) is 0 Å². The van der Waals surface area contributed by atoms with Gasteiger partial charge in [-0.05, 0) is 39.2 Å². The van der Waals surface area contributed by atoms with Crippen LogP contribution in [0.5, 0.6) is 0 Å². The number of hydrogen-bond donors (Lipinski definition) is 1. The van der Waals surface area contributed by atoms with Crippen molar-refractivity contribution in [3.63, 3.8) is 0 Å². The second-order valence-corrected chi connectivity index (χ2v) is 6.17. The van der Waals surface area contributed by atoms with E-state index >= 15 is 0 Å². The molecule has 1 fully saturated rings. The van der Waals surface area contributed by atoms with Gasteiger partial charge in [-0.1, -0.05) is 13.8 Å². The van der Waals surface area contributed by atoms with Gasteiger partial charge < -0.3 is 15.4 Å². The Kier molecular flexibility index (Phi) is 3.53. The summed E-state index contributed by atoms with van der Waals surface area (Å²) in [6.07, 6.45) is 0.800. The highest BCUT2D eigenvalue weighted by atomic mass is 16.6. The number of likely N-dealkylation sites (tertiary alicyclic amines) is 1. The maximum atomic E-state index is 11.9. The largest absolute Gasteiger partial charge is 0.444 e. The highest BCUT2D eigenvalue weighted by Crippen LogP contribution is 2.34. The van der Waals surface area contributed by atoms with Gasteiger partial charge in [-0.15, -0.1) is 0 Å². The van der Waals surface area contributed by atoms with E-state index in [9.17, 15) is 4.79 Å². The number of nitrogens with zero attached hydrogens (tertiary/aromatic N) is 1. The lowest BCUT2D eigenvalue weighted by molar-refractivity contribution is -0.0321. The zero-order chi connectivity index (χ0) is 12.6. The minimum absolute atomic E-state index is 0.0326. The predicted octanol–water partition coefficient (Wildman–Crippen LogP) is 1.98. The molecule has 1 atom stereocenters. The van der Waals surface area contributed by atoms with E-state index in [0.29, 0.717) is 6.54 Å². The Labute approximate surface area is 98.1 Å². The van der Waals surface area contributed by atoms with Crippen LogP contribution in [-0.4, -0.2) is 35.7 Å². The molecule has 2 N–H and O–H groups in total. The third kappa shape index (κ3) is 2.88. The van der Waals surface area contributed by atoms with Crippen molar-refractivity contribution in [2.75, 3.05) is 13.1 Å². The molecule has 0 aliphatic carbocycles. The van der Waals surface area contributed by atoms with Crippen molar-refractivity contribution >= 4 is 6.09 Å².